The first-order chi connectivity index (χ1) is 12.4. The van der Waals surface area contributed by atoms with Crippen molar-refractivity contribution in [1.82, 2.24) is 0 Å². The van der Waals surface area contributed by atoms with Crippen LogP contribution in [0.25, 0.3) is 11.1 Å². The number of rotatable bonds is 4. The second-order valence-corrected chi connectivity index (χ2v) is 10.2. The Morgan fingerprint density at radius 2 is 1.65 bits per heavy atom. The molecule has 0 bridgehead atoms. The fourth-order valence-electron chi connectivity index (χ4n) is 3.73. The van der Waals surface area contributed by atoms with Gasteiger partial charge in [-0.2, -0.15) is 0 Å². The van der Waals surface area contributed by atoms with Gasteiger partial charge in [0.2, 0.25) is 0 Å². The molecular weight excluding hydrogens is 343 g/mol. The minimum absolute atomic E-state index is 0.0964. The van der Waals surface area contributed by atoms with Gasteiger partial charge in [0, 0.05) is 18.9 Å². The van der Waals surface area contributed by atoms with Gasteiger partial charge < -0.3 is 9.47 Å². The number of hydrogen-bond acceptors (Lipinski definition) is 3. The maximum Gasteiger partial charge on any atom is 0.138 e. The highest BCUT2D eigenvalue weighted by Crippen LogP contribution is 2.61. The lowest BCUT2D eigenvalue weighted by Gasteiger charge is -2.41. The van der Waals surface area contributed by atoms with Gasteiger partial charge in [-0.05, 0) is 47.0 Å². The highest BCUT2D eigenvalue weighted by Gasteiger charge is 2.40. The van der Waals surface area contributed by atoms with Gasteiger partial charge in [0.1, 0.15) is 17.3 Å². The molecule has 1 atom stereocenters. The van der Waals surface area contributed by atoms with Crippen LogP contribution in [0, 0.1) is 0 Å². The van der Waals surface area contributed by atoms with E-state index >= 15 is 0 Å². The van der Waals surface area contributed by atoms with E-state index in [9.17, 15) is 4.79 Å². The van der Waals surface area contributed by atoms with Crippen molar-refractivity contribution in [3.8, 4) is 22.6 Å². The van der Waals surface area contributed by atoms with Crippen molar-refractivity contribution in [3.05, 3.63) is 54.4 Å². The third kappa shape index (κ3) is 3.54. The summed E-state index contributed by atoms with van der Waals surface area (Å²) in [6.07, 6.45) is 1.10. The Morgan fingerprint density at radius 1 is 1.04 bits per heavy atom. The maximum absolute atomic E-state index is 12.1. The first-order valence-electron chi connectivity index (χ1n) is 8.68. The monoisotopic (exact) mass is 368 g/mol. The van der Waals surface area contributed by atoms with Crippen molar-refractivity contribution >= 4 is 19.0 Å². The van der Waals surface area contributed by atoms with E-state index in [1.807, 2.05) is 24.3 Å². The molecule has 0 saturated carbocycles. The van der Waals surface area contributed by atoms with Gasteiger partial charge in [0.25, 0.3) is 0 Å². The van der Waals surface area contributed by atoms with Crippen LogP contribution >= 0.6 is 7.92 Å². The molecule has 3 rings (SSSR count). The molecule has 1 heterocycles. The van der Waals surface area contributed by atoms with Crippen LogP contribution < -0.4 is 14.8 Å². The number of methoxy groups -OCH3 is 2. The van der Waals surface area contributed by atoms with Gasteiger partial charge in [-0.25, -0.2) is 0 Å². The summed E-state index contributed by atoms with van der Waals surface area (Å²) in [5.41, 5.74) is 2.21. The van der Waals surface area contributed by atoms with Crippen molar-refractivity contribution in [1.29, 1.82) is 0 Å². The third-order valence-electron chi connectivity index (χ3n) is 4.76. The summed E-state index contributed by atoms with van der Waals surface area (Å²) in [4.78, 5) is 12.1. The van der Waals surface area contributed by atoms with Crippen molar-refractivity contribution in [3.63, 3.8) is 0 Å². The lowest BCUT2D eigenvalue weighted by Crippen LogP contribution is -2.32. The molecule has 26 heavy (non-hydrogen) atoms. The summed E-state index contributed by atoms with van der Waals surface area (Å²) < 4.78 is 10.9. The van der Waals surface area contributed by atoms with Crippen LogP contribution in [0.2, 0.25) is 0 Å². The predicted molar refractivity (Wildman–Crippen MR) is 109 cm³/mol. The summed E-state index contributed by atoms with van der Waals surface area (Å²) in [6, 6.07) is 14.4. The molecule has 0 aromatic heterocycles. The smallest absolute Gasteiger partial charge is 0.138 e. The number of benzene rings is 2. The molecule has 1 unspecified atom stereocenters. The fourth-order valence-corrected chi connectivity index (χ4v) is 6.93. The van der Waals surface area contributed by atoms with Crippen molar-refractivity contribution in [2.75, 3.05) is 14.2 Å². The number of ketones is 1. The molecule has 3 nitrogen and oxygen atoms in total. The van der Waals surface area contributed by atoms with E-state index in [-0.39, 0.29) is 5.16 Å². The molecular formula is C22H25O3P. The van der Waals surface area contributed by atoms with E-state index < -0.39 is 7.92 Å². The van der Waals surface area contributed by atoms with Crippen LogP contribution in [0.1, 0.15) is 26.7 Å². The van der Waals surface area contributed by atoms with E-state index in [0.717, 1.165) is 27.9 Å². The Bertz CT molecular complexity index is 832. The molecule has 0 aliphatic carbocycles. The lowest BCUT2D eigenvalue weighted by molar-refractivity contribution is -0.118. The number of allylic oxidation sites excluding steroid dienone is 1. The van der Waals surface area contributed by atoms with E-state index in [0.29, 0.717) is 18.6 Å². The topological polar surface area (TPSA) is 35.5 Å². The Labute approximate surface area is 156 Å². The van der Waals surface area contributed by atoms with E-state index in [2.05, 4.69) is 38.6 Å². The normalized spacial score (nSPS) is 19.3. The molecule has 4 heteroatoms. The van der Waals surface area contributed by atoms with Crippen LogP contribution in [0.3, 0.4) is 0 Å². The molecule has 0 spiro atoms. The number of hydrogen-bond donors (Lipinski definition) is 0. The third-order valence-corrected chi connectivity index (χ3v) is 7.79. The fraction of sp³-hybridized carbons (Fsp3) is 0.318. The Kier molecular flexibility index (Phi) is 5.20. The number of carbonyl (C=O) groups is 1. The van der Waals surface area contributed by atoms with Crippen molar-refractivity contribution in [2.45, 2.75) is 31.8 Å². The predicted octanol–water partition coefficient (Wildman–Crippen LogP) is 5.13. The maximum atomic E-state index is 12.1. The summed E-state index contributed by atoms with van der Waals surface area (Å²) in [5, 5.41) is 2.23. The summed E-state index contributed by atoms with van der Waals surface area (Å²) in [5.74, 6) is 1.82. The zero-order chi connectivity index (χ0) is 18.9. The largest absolute Gasteiger partial charge is 0.497 e. The summed E-state index contributed by atoms with van der Waals surface area (Å²) in [7, 11) is 2.65. The first kappa shape index (κ1) is 18.7. The highest BCUT2D eigenvalue weighted by molar-refractivity contribution is 7.71. The minimum atomic E-state index is -0.667. The van der Waals surface area contributed by atoms with Crippen LogP contribution in [-0.2, 0) is 4.79 Å². The lowest BCUT2D eigenvalue weighted by atomic mass is 10.0. The molecule has 2 aromatic rings. The summed E-state index contributed by atoms with van der Waals surface area (Å²) in [6.45, 7) is 8.65. The molecule has 2 aromatic carbocycles. The summed E-state index contributed by atoms with van der Waals surface area (Å²) >= 11 is 0. The number of ether oxygens (including phenoxy) is 2. The molecule has 0 N–H and O–H groups in total. The molecule has 0 radical (unpaired) electrons. The molecule has 1 aliphatic heterocycles. The van der Waals surface area contributed by atoms with Gasteiger partial charge in [-0.1, -0.05) is 44.7 Å². The quantitative estimate of drug-likeness (QED) is 0.702. The SMILES string of the molecule is C=C1CC(=O)CC(C)(C)P1c1ccccc1-c1cc(OC)cc(OC)c1. The van der Waals surface area contributed by atoms with Gasteiger partial charge in [-0.15, -0.1) is 0 Å². The van der Waals surface area contributed by atoms with Gasteiger partial charge in [-0.3, -0.25) is 4.79 Å². The first-order valence-corrected chi connectivity index (χ1v) is 10.0. The van der Waals surface area contributed by atoms with Crippen LogP contribution in [0.15, 0.2) is 54.4 Å². The van der Waals surface area contributed by atoms with Crippen molar-refractivity contribution in [2.24, 2.45) is 0 Å². The number of carbonyl (C=O) groups excluding carboxylic acids is 1. The molecule has 1 fully saturated rings. The zero-order valence-electron chi connectivity index (χ0n) is 15.8. The Hall–Kier alpha value is -2.12. The van der Waals surface area contributed by atoms with E-state index in [1.165, 1.54) is 5.30 Å². The standard InChI is InChI=1S/C22H25O3P/c1-15-10-17(23)14-22(2,3)26(15)21-9-7-6-8-20(21)16-11-18(24-4)13-19(12-16)25-5/h6-9,11-13H,1,10,14H2,2-5H3. The molecule has 1 saturated heterocycles. The Morgan fingerprint density at radius 3 is 2.23 bits per heavy atom. The average molecular weight is 368 g/mol. The minimum Gasteiger partial charge on any atom is -0.497 e. The van der Waals surface area contributed by atoms with E-state index in [1.54, 1.807) is 14.2 Å². The van der Waals surface area contributed by atoms with Gasteiger partial charge in [0.15, 0.2) is 0 Å². The van der Waals surface area contributed by atoms with Crippen LogP contribution in [0.5, 0.6) is 11.5 Å². The molecule has 0 amide bonds. The van der Waals surface area contributed by atoms with Crippen LogP contribution in [-0.4, -0.2) is 25.2 Å². The number of Topliss-reactive ketones (excluding diaryl/α,β-unsaturated/α-hetero) is 1. The molecule has 1 aliphatic rings. The van der Waals surface area contributed by atoms with Crippen molar-refractivity contribution < 1.29 is 14.3 Å². The Balaban J connectivity index is 2.15. The van der Waals surface area contributed by atoms with Crippen LogP contribution in [0.4, 0.5) is 0 Å². The van der Waals surface area contributed by atoms with Gasteiger partial charge >= 0.3 is 0 Å². The average Bonchev–Trinajstić information content (AvgIpc) is 2.60. The highest BCUT2D eigenvalue weighted by atomic mass is 31.1. The molecule has 136 valence electrons. The second-order valence-electron chi connectivity index (χ2n) is 7.22. The second kappa shape index (κ2) is 7.25. The van der Waals surface area contributed by atoms with E-state index in [4.69, 9.17) is 9.47 Å². The zero-order valence-corrected chi connectivity index (χ0v) is 16.7. The van der Waals surface area contributed by atoms with Gasteiger partial charge in [0.05, 0.1) is 14.2 Å².